The third-order valence-corrected chi connectivity index (χ3v) is 2.09. The summed E-state index contributed by atoms with van der Waals surface area (Å²) in [6.45, 7) is 4.39. The minimum Gasteiger partial charge on any atom is -0.307 e. The van der Waals surface area contributed by atoms with Gasteiger partial charge in [0.2, 0.25) is 0 Å². The van der Waals surface area contributed by atoms with Crippen LogP contribution in [0.15, 0.2) is 24.3 Å². The Labute approximate surface area is 89.3 Å². The van der Waals surface area contributed by atoms with E-state index in [-0.39, 0.29) is 5.78 Å². The lowest BCUT2D eigenvalue weighted by Gasteiger charge is -2.06. The van der Waals surface area contributed by atoms with Crippen molar-refractivity contribution in [2.24, 2.45) is 0 Å². The maximum absolute atomic E-state index is 11.6. The molecule has 1 aromatic rings. The van der Waals surface area contributed by atoms with Gasteiger partial charge in [0.25, 0.3) is 0 Å². The minimum absolute atomic E-state index is 0.0929. The summed E-state index contributed by atoms with van der Waals surface area (Å²) in [5.41, 5.74) is 0.697. The number of ketones is 1. The van der Waals surface area contributed by atoms with Gasteiger partial charge in [-0.25, -0.2) is 0 Å². The molecule has 0 aliphatic heterocycles. The Balaban J connectivity index is 2.57. The highest BCUT2D eigenvalue weighted by Crippen LogP contribution is 2.09. The third kappa shape index (κ3) is 3.48. The molecule has 0 amide bonds. The van der Waals surface area contributed by atoms with Gasteiger partial charge in [-0.15, -0.1) is 0 Å². The lowest BCUT2D eigenvalue weighted by molar-refractivity contribution is 0.0988. The van der Waals surface area contributed by atoms with Crippen LogP contribution in [0, 0.1) is 0 Å². The molecule has 14 heavy (non-hydrogen) atoms. The van der Waals surface area contributed by atoms with Crippen molar-refractivity contribution in [3.8, 4) is 0 Å². The average Bonchev–Trinajstić information content (AvgIpc) is 2.15. The Morgan fingerprint density at radius 2 is 1.93 bits per heavy atom. The maximum Gasteiger partial charge on any atom is 0.176 e. The molecule has 0 aliphatic carbocycles. The van der Waals surface area contributed by atoms with Crippen LogP contribution >= 0.6 is 11.6 Å². The third-order valence-electron chi connectivity index (χ3n) is 1.84. The maximum atomic E-state index is 11.6. The molecule has 3 heteroatoms. The monoisotopic (exact) mass is 211 g/mol. The van der Waals surface area contributed by atoms with Crippen LogP contribution in [0.3, 0.4) is 0 Å². The average molecular weight is 212 g/mol. The van der Waals surface area contributed by atoms with Crippen LogP contribution in [0.5, 0.6) is 0 Å². The molecule has 1 rings (SSSR count). The van der Waals surface area contributed by atoms with E-state index in [0.29, 0.717) is 23.2 Å². The second-order valence-electron chi connectivity index (χ2n) is 3.47. The van der Waals surface area contributed by atoms with E-state index < -0.39 is 0 Å². The number of nitrogens with one attached hydrogen (secondary N) is 1. The summed E-state index contributed by atoms with van der Waals surface area (Å²) in [4.78, 5) is 11.6. The van der Waals surface area contributed by atoms with Crippen molar-refractivity contribution in [2.75, 3.05) is 6.54 Å². The van der Waals surface area contributed by atoms with E-state index in [1.165, 1.54) is 0 Å². The summed E-state index contributed by atoms with van der Waals surface area (Å²) in [7, 11) is 0. The van der Waals surface area contributed by atoms with Gasteiger partial charge in [-0.05, 0) is 24.3 Å². The van der Waals surface area contributed by atoms with Gasteiger partial charge >= 0.3 is 0 Å². The number of hydrogen-bond donors (Lipinski definition) is 1. The predicted octanol–water partition coefficient (Wildman–Crippen LogP) is 2.52. The summed E-state index contributed by atoms with van der Waals surface area (Å²) in [5.74, 6) is 0.0929. The van der Waals surface area contributed by atoms with Gasteiger partial charge in [0.15, 0.2) is 5.78 Å². The van der Waals surface area contributed by atoms with Crippen LogP contribution < -0.4 is 5.32 Å². The van der Waals surface area contributed by atoms with Crippen molar-refractivity contribution in [1.29, 1.82) is 0 Å². The molecule has 0 atom stereocenters. The molecule has 1 N–H and O–H groups in total. The molecule has 0 aromatic heterocycles. The van der Waals surface area contributed by atoms with Gasteiger partial charge in [0.1, 0.15) is 0 Å². The lowest BCUT2D eigenvalue weighted by atomic mass is 10.1. The molecular formula is C11H14ClNO. The summed E-state index contributed by atoms with van der Waals surface area (Å²) >= 11 is 5.72. The number of halogens is 1. The summed E-state index contributed by atoms with van der Waals surface area (Å²) in [5, 5.41) is 3.73. The molecule has 0 heterocycles. The largest absolute Gasteiger partial charge is 0.307 e. The van der Waals surface area contributed by atoms with Crippen molar-refractivity contribution >= 4 is 17.4 Å². The van der Waals surface area contributed by atoms with Gasteiger partial charge in [0, 0.05) is 16.6 Å². The highest BCUT2D eigenvalue weighted by molar-refractivity contribution is 6.30. The number of carbonyl (C=O) groups excluding carboxylic acids is 1. The normalized spacial score (nSPS) is 10.6. The van der Waals surface area contributed by atoms with Gasteiger partial charge in [-0.2, -0.15) is 0 Å². The van der Waals surface area contributed by atoms with Crippen LogP contribution in [-0.4, -0.2) is 18.4 Å². The van der Waals surface area contributed by atoms with Gasteiger partial charge in [0.05, 0.1) is 6.54 Å². The van der Waals surface area contributed by atoms with E-state index in [2.05, 4.69) is 5.32 Å². The summed E-state index contributed by atoms with van der Waals surface area (Å²) in [6, 6.07) is 7.26. The van der Waals surface area contributed by atoms with Gasteiger partial charge in [-0.3, -0.25) is 4.79 Å². The van der Waals surface area contributed by atoms with Crippen molar-refractivity contribution < 1.29 is 4.79 Å². The second-order valence-corrected chi connectivity index (χ2v) is 3.90. The Bertz CT molecular complexity index is 306. The Kier molecular flexibility index (Phi) is 4.11. The zero-order chi connectivity index (χ0) is 10.6. The summed E-state index contributed by atoms with van der Waals surface area (Å²) in [6.07, 6.45) is 0. The first-order valence-electron chi connectivity index (χ1n) is 4.61. The first-order chi connectivity index (χ1) is 6.59. The molecule has 0 spiro atoms. The fourth-order valence-corrected chi connectivity index (χ4v) is 1.16. The first kappa shape index (κ1) is 11.2. The zero-order valence-corrected chi connectivity index (χ0v) is 9.14. The van der Waals surface area contributed by atoms with Crippen molar-refractivity contribution in [2.45, 2.75) is 19.9 Å². The quantitative estimate of drug-likeness (QED) is 0.776. The molecule has 0 unspecified atom stereocenters. The zero-order valence-electron chi connectivity index (χ0n) is 8.38. The van der Waals surface area contributed by atoms with Crippen molar-refractivity contribution in [1.82, 2.24) is 5.32 Å². The van der Waals surface area contributed by atoms with Crippen LogP contribution in [0.4, 0.5) is 0 Å². The van der Waals surface area contributed by atoms with E-state index in [1.54, 1.807) is 24.3 Å². The molecule has 76 valence electrons. The number of Topliss-reactive ketones (excluding diaryl/α,β-unsaturated/α-hetero) is 1. The molecule has 0 radical (unpaired) electrons. The molecule has 0 bridgehead atoms. The van der Waals surface area contributed by atoms with Crippen LogP contribution in [0.2, 0.25) is 5.02 Å². The fraction of sp³-hybridized carbons (Fsp3) is 0.364. The standard InChI is InChI=1S/C11H14ClNO/c1-8(2)13-7-11(14)9-3-5-10(12)6-4-9/h3-6,8,13H,7H2,1-2H3. The smallest absolute Gasteiger partial charge is 0.176 e. The molecule has 1 aromatic carbocycles. The van der Waals surface area contributed by atoms with Crippen molar-refractivity contribution in [3.63, 3.8) is 0 Å². The first-order valence-corrected chi connectivity index (χ1v) is 4.99. The molecule has 0 saturated heterocycles. The highest BCUT2D eigenvalue weighted by atomic mass is 35.5. The van der Waals surface area contributed by atoms with Crippen LogP contribution in [0.1, 0.15) is 24.2 Å². The van der Waals surface area contributed by atoms with Crippen LogP contribution in [-0.2, 0) is 0 Å². The minimum atomic E-state index is 0.0929. The summed E-state index contributed by atoms with van der Waals surface area (Å²) < 4.78 is 0. The fourth-order valence-electron chi connectivity index (χ4n) is 1.03. The van der Waals surface area contributed by atoms with E-state index >= 15 is 0 Å². The van der Waals surface area contributed by atoms with E-state index in [1.807, 2.05) is 13.8 Å². The number of hydrogen-bond acceptors (Lipinski definition) is 2. The predicted molar refractivity (Wildman–Crippen MR) is 58.9 cm³/mol. The topological polar surface area (TPSA) is 29.1 Å². The highest BCUT2D eigenvalue weighted by Gasteiger charge is 2.05. The molecular weight excluding hydrogens is 198 g/mol. The Morgan fingerprint density at radius 1 is 1.36 bits per heavy atom. The van der Waals surface area contributed by atoms with Gasteiger partial charge in [-0.1, -0.05) is 25.4 Å². The van der Waals surface area contributed by atoms with Crippen molar-refractivity contribution in [3.05, 3.63) is 34.9 Å². The van der Waals surface area contributed by atoms with E-state index in [4.69, 9.17) is 11.6 Å². The van der Waals surface area contributed by atoms with E-state index in [0.717, 1.165) is 0 Å². The molecule has 0 aliphatic rings. The second kappa shape index (κ2) is 5.13. The number of rotatable bonds is 4. The SMILES string of the molecule is CC(C)NCC(=O)c1ccc(Cl)cc1. The molecule has 2 nitrogen and oxygen atoms in total. The molecule has 0 fully saturated rings. The number of carbonyl (C=O) groups is 1. The van der Waals surface area contributed by atoms with Crippen LogP contribution in [0.25, 0.3) is 0 Å². The molecule has 0 saturated carbocycles. The lowest BCUT2D eigenvalue weighted by Crippen LogP contribution is -2.29. The number of benzene rings is 1. The van der Waals surface area contributed by atoms with Gasteiger partial charge < -0.3 is 5.32 Å². The Morgan fingerprint density at radius 3 is 2.43 bits per heavy atom. The van der Waals surface area contributed by atoms with E-state index in [9.17, 15) is 4.79 Å². The Hall–Kier alpha value is -0.860.